The third-order valence-electron chi connectivity index (χ3n) is 4.51. The Hall–Kier alpha value is -1.66. The first kappa shape index (κ1) is 14.0. The van der Waals surface area contributed by atoms with Crippen molar-refractivity contribution in [2.75, 3.05) is 0 Å². The van der Waals surface area contributed by atoms with Crippen molar-refractivity contribution in [3.63, 3.8) is 0 Å². The number of thiol groups is 1. The average molecular weight is 316 g/mol. The maximum absolute atomic E-state index is 11.0. The van der Waals surface area contributed by atoms with E-state index >= 15 is 0 Å². The summed E-state index contributed by atoms with van der Waals surface area (Å²) < 4.78 is 2.07. The third-order valence-corrected chi connectivity index (χ3v) is 7.00. The van der Waals surface area contributed by atoms with E-state index in [2.05, 4.69) is 13.9 Å². The highest BCUT2D eigenvalue weighted by Gasteiger charge is 2.35. The van der Waals surface area contributed by atoms with Gasteiger partial charge in [-0.2, -0.15) is 0 Å². The number of aliphatic hydroxyl groups excluding tert-OH is 1. The number of aliphatic hydroxyl groups is 1. The van der Waals surface area contributed by atoms with Crippen LogP contribution in [-0.2, 0) is 0 Å². The van der Waals surface area contributed by atoms with Gasteiger partial charge in [0.15, 0.2) is 5.82 Å². The average Bonchev–Trinajstić information content (AvgIpc) is 3.16. The molecule has 0 bridgehead atoms. The molecule has 2 unspecified atom stereocenters. The summed E-state index contributed by atoms with van der Waals surface area (Å²) in [6.45, 7) is 0. The van der Waals surface area contributed by atoms with Crippen LogP contribution in [0.5, 0.6) is 0 Å². The molecule has 1 N–H and O–H groups in total. The molecule has 0 amide bonds. The first-order valence-corrected chi connectivity index (χ1v) is 9.20. The SMILES string of the molecule is OC(C1CCCCC1)[SH]1C(c2cccnc2)=Nc2cncn21. The summed E-state index contributed by atoms with van der Waals surface area (Å²) >= 11 is -0.928. The first-order chi connectivity index (χ1) is 10.8. The number of hydrogen-bond donors (Lipinski definition) is 2. The van der Waals surface area contributed by atoms with E-state index in [1.807, 2.05) is 18.3 Å². The van der Waals surface area contributed by atoms with Gasteiger partial charge >= 0.3 is 0 Å². The molecule has 4 rings (SSSR count). The van der Waals surface area contributed by atoms with Gasteiger partial charge in [0.2, 0.25) is 0 Å². The number of hydrogen-bond acceptors (Lipinski definition) is 4. The highest BCUT2D eigenvalue weighted by Crippen LogP contribution is 2.49. The number of aliphatic imine (C=N–C) groups is 1. The van der Waals surface area contributed by atoms with Crippen molar-refractivity contribution in [1.82, 2.24) is 13.9 Å². The lowest BCUT2D eigenvalue weighted by Crippen LogP contribution is -2.27. The van der Waals surface area contributed by atoms with E-state index in [0.717, 1.165) is 29.3 Å². The van der Waals surface area contributed by atoms with Crippen molar-refractivity contribution in [2.45, 2.75) is 37.5 Å². The van der Waals surface area contributed by atoms with Crippen LogP contribution in [0, 0.1) is 5.92 Å². The largest absolute Gasteiger partial charge is 0.382 e. The van der Waals surface area contributed by atoms with Crippen molar-refractivity contribution < 1.29 is 5.11 Å². The highest BCUT2D eigenvalue weighted by molar-refractivity contribution is 8.29. The Morgan fingerprint density at radius 1 is 1.18 bits per heavy atom. The molecule has 2 aromatic heterocycles. The fraction of sp³-hybridized carbons (Fsp3) is 0.438. The van der Waals surface area contributed by atoms with Gasteiger partial charge in [0.1, 0.15) is 16.8 Å². The lowest BCUT2D eigenvalue weighted by molar-refractivity contribution is 0.158. The predicted molar refractivity (Wildman–Crippen MR) is 89.6 cm³/mol. The van der Waals surface area contributed by atoms with Crippen LogP contribution >= 0.6 is 11.1 Å². The fourth-order valence-electron chi connectivity index (χ4n) is 3.37. The van der Waals surface area contributed by atoms with Crippen molar-refractivity contribution >= 4 is 21.9 Å². The van der Waals surface area contributed by atoms with Crippen molar-refractivity contribution in [2.24, 2.45) is 10.9 Å². The van der Waals surface area contributed by atoms with E-state index in [1.165, 1.54) is 19.3 Å². The van der Waals surface area contributed by atoms with Crippen LogP contribution in [-0.4, -0.2) is 29.5 Å². The summed E-state index contributed by atoms with van der Waals surface area (Å²) in [6, 6.07) is 3.94. The zero-order valence-electron chi connectivity index (χ0n) is 12.3. The van der Waals surface area contributed by atoms with Gasteiger partial charge in [-0.1, -0.05) is 30.3 Å². The van der Waals surface area contributed by atoms with Gasteiger partial charge in [-0.3, -0.25) is 8.96 Å². The van der Waals surface area contributed by atoms with Gasteiger partial charge in [0, 0.05) is 18.0 Å². The van der Waals surface area contributed by atoms with E-state index in [1.54, 1.807) is 18.7 Å². The smallest absolute Gasteiger partial charge is 0.162 e. The summed E-state index contributed by atoms with van der Waals surface area (Å²) in [5.74, 6) is 1.22. The Bertz CT molecular complexity index is 678. The Morgan fingerprint density at radius 2 is 2.05 bits per heavy atom. The molecule has 3 heterocycles. The van der Waals surface area contributed by atoms with Gasteiger partial charge in [-0.25, -0.2) is 9.98 Å². The molecule has 2 atom stereocenters. The molecule has 1 aliphatic heterocycles. The monoisotopic (exact) mass is 316 g/mol. The Kier molecular flexibility index (Phi) is 3.72. The summed E-state index contributed by atoms with van der Waals surface area (Å²) in [4.78, 5) is 13.1. The summed E-state index contributed by atoms with van der Waals surface area (Å²) in [6.07, 6.45) is 13.1. The second-order valence-corrected chi connectivity index (χ2v) is 8.00. The van der Waals surface area contributed by atoms with Crippen LogP contribution < -0.4 is 0 Å². The molecule has 0 radical (unpaired) electrons. The number of pyridine rings is 1. The first-order valence-electron chi connectivity index (χ1n) is 7.83. The van der Waals surface area contributed by atoms with E-state index in [9.17, 15) is 5.11 Å². The molecule has 22 heavy (non-hydrogen) atoms. The molecule has 116 valence electrons. The van der Waals surface area contributed by atoms with E-state index in [0.29, 0.717) is 5.92 Å². The van der Waals surface area contributed by atoms with Gasteiger partial charge in [-0.15, -0.1) is 0 Å². The molecule has 0 spiro atoms. The molecule has 6 heteroatoms. The summed E-state index contributed by atoms with van der Waals surface area (Å²) in [5, 5.41) is 12.0. The molecule has 1 saturated carbocycles. The third kappa shape index (κ3) is 2.36. The number of imidazole rings is 1. The maximum Gasteiger partial charge on any atom is 0.162 e. The minimum Gasteiger partial charge on any atom is -0.382 e. The summed E-state index contributed by atoms with van der Waals surface area (Å²) in [7, 11) is 0. The van der Waals surface area contributed by atoms with Crippen LogP contribution in [0.15, 0.2) is 42.0 Å². The van der Waals surface area contributed by atoms with Gasteiger partial charge < -0.3 is 5.11 Å². The van der Waals surface area contributed by atoms with Crippen LogP contribution in [0.25, 0.3) is 0 Å². The molecule has 5 nitrogen and oxygen atoms in total. The van der Waals surface area contributed by atoms with Crippen LogP contribution in [0.1, 0.15) is 37.7 Å². The molecule has 0 saturated heterocycles. The second kappa shape index (κ2) is 5.85. The molecular weight excluding hydrogens is 296 g/mol. The number of rotatable bonds is 3. The Labute approximate surface area is 132 Å². The number of aromatic nitrogens is 3. The van der Waals surface area contributed by atoms with Crippen LogP contribution in [0.4, 0.5) is 5.82 Å². The maximum atomic E-state index is 11.0. The standard InChI is InChI=1S/C16H20N4OS/c21-16(12-5-2-1-3-6-12)22-15(13-7-4-8-17-9-13)19-14-10-18-11-20(14)22/h4,7-12,16,21-22H,1-3,5-6H2. The van der Waals surface area contributed by atoms with Crippen LogP contribution in [0.3, 0.4) is 0 Å². The Balaban J connectivity index is 1.70. The molecular formula is C16H20N4OS. The minimum atomic E-state index is -0.928. The topological polar surface area (TPSA) is 63.3 Å². The van der Waals surface area contributed by atoms with Gasteiger partial charge in [-0.05, 0) is 30.9 Å². The molecule has 2 aromatic rings. The van der Waals surface area contributed by atoms with Crippen molar-refractivity contribution in [3.8, 4) is 0 Å². The van der Waals surface area contributed by atoms with E-state index in [4.69, 9.17) is 4.99 Å². The fourth-order valence-corrected chi connectivity index (χ4v) is 5.86. The zero-order valence-corrected chi connectivity index (χ0v) is 13.2. The van der Waals surface area contributed by atoms with Gasteiger partial charge in [0.05, 0.1) is 6.20 Å². The van der Waals surface area contributed by atoms with Crippen LogP contribution in [0.2, 0.25) is 0 Å². The molecule has 2 aliphatic rings. The molecule has 1 fully saturated rings. The second-order valence-electron chi connectivity index (χ2n) is 5.93. The quantitative estimate of drug-likeness (QED) is 0.856. The number of fused-ring (bicyclic) bond motifs is 1. The van der Waals surface area contributed by atoms with E-state index in [-0.39, 0.29) is 5.44 Å². The Morgan fingerprint density at radius 3 is 2.82 bits per heavy atom. The van der Waals surface area contributed by atoms with Crippen molar-refractivity contribution in [3.05, 3.63) is 42.6 Å². The van der Waals surface area contributed by atoms with Crippen molar-refractivity contribution in [1.29, 1.82) is 0 Å². The lowest BCUT2D eigenvalue weighted by atomic mass is 9.90. The normalized spacial score (nSPS) is 24.8. The number of nitrogens with zero attached hydrogens (tertiary/aromatic N) is 4. The highest BCUT2D eigenvalue weighted by atomic mass is 32.2. The lowest BCUT2D eigenvalue weighted by Gasteiger charge is -2.34. The molecule has 1 aliphatic carbocycles. The zero-order chi connectivity index (χ0) is 14.9. The van der Waals surface area contributed by atoms with Gasteiger partial charge in [0.25, 0.3) is 0 Å². The minimum absolute atomic E-state index is 0.357. The predicted octanol–water partition coefficient (Wildman–Crippen LogP) is 3.03. The summed E-state index contributed by atoms with van der Waals surface area (Å²) in [5.41, 5.74) is 0.650. The molecule has 0 aromatic carbocycles. The van der Waals surface area contributed by atoms with E-state index < -0.39 is 11.1 Å².